The molecule has 3 aromatic carbocycles. The van der Waals surface area contributed by atoms with Crippen LogP contribution in [0.25, 0.3) is 22.3 Å². The van der Waals surface area contributed by atoms with Gasteiger partial charge in [-0.05, 0) is 53.6 Å². The van der Waals surface area contributed by atoms with E-state index in [0.717, 1.165) is 30.4 Å². The zero-order valence-corrected chi connectivity index (χ0v) is 15.6. The van der Waals surface area contributed by atoms with Gasteiger partial charge >= 0.3 is 0 Å². The third-order valence-electron chi connectivity index (χ3n) is 4.97. The topological polar surface area (TPSA) is 0 Å². The molecule has 0 amide bonds. The minimum atomic E-state index is -0.332. The molecule has 0 bridgehead atoms. The van der Waals surface area contributed by atoms with Crippen molar-refractivity contribution in [3.8, 4) is 22.3 Å². The smallest absolute Gasteiger partial charge is 0.134 e. The number of halogens is 2. The number of benzene rings is 3. The molecule has 0 unspecified atom stereocenters. The van der Waals surface area contributed by atoms with Gasteiger partial charge < -0.3 is 0 Å². The van der Waals surface area contributed by atoms with E-state index in [9.17, 15) is 8.78 Å². The fourth-order valence-corrected chi connectivity index (χ4v) is 3.32. The molecule has 26 heavy (non-hydrogen) atoms. The van der Waals surface area contributed by atoms with Crippen molar-refractivity contribution in [3.05, 3.63) is 82.9 Å². The van der Waals surface area contributed by atoms with Gasteiger partial charge in [0.15, 0.2) is 0 Å². The molecule has 0 aliphatic carbocycles. The molecular weight excluding hydrogens is 326 g/mol. The monoisotopic (exact) mass is 350 g/mol. The second-order valence-corrected chi connectivity index (χ2v) is 6.71. The van der Waals surface area contributed by atoms with Gasteiger partial charge in [0.25, 0.3) is 0 Å². The fourth-order valence-electron chi connectivity index (χ4n) is 3.32. The van der Waals surface area contributed by atoms with Gasteiger partial charge in [0, 0.05) is 11.1 Å². The molecule has 3 aromatic rings. The van der Waals surface area contributed by atoms with Crippen molar-refractivity contribution in [3.63, 3.8) is 0 Å². The van der Waals surface area contributed by atoms with Crippen LogP contribution in [0.3, 0.4) is 0 Å². The lowest BCUT2D eigenvalue weighted by Crippen LogP contribution is -1.96. The molecule has 134 valence electrons. The summed E-state index contributed by atoms with van der Waals surface area (Å²) < 4.78 is 29.5. The Labute approximate surface area is 154 Å². The van der Waals surface area contributed by atoms with E-state index in [2.05, 4.69) is 13.8 Å². The van der Waals surface area contributed by atoms with E-state index in [-0.39, 0.29) is 11.6 Å². The molecule has 0 aromatic heterocycles. The summed E-state index contributed by atoms with van der Waals surface area (Å²) in [6, 6.07) is 16.6. The molecule has 0 nitrogen and oxygen atoms in total. The van der Waals surface area contributed by atoms with Gasteiger partial charge in [-0.1, -0.05) is 68.8 Å². The normalized spacial score (nSPS) is 11.0. The van der Waals surface area contributed by atoms with E-state index < -0.39 is 0 Å². The first-order valence-corrected chi connectivity index (χ1v) is 9.22. The average molecular weight is 350 g/mol. The van der Waals surface area contributed by atoms with Crippen molar-refractivity contribution in [2.45, 2.75) is 40.0 Å². The van der Waals surface area contributed by atoms with E-state index in [0.29, 0.717) is 22.3 Å². The third-order valence-corrected chi connectivity index (χ3v) is 4.97. The van der Waals surface area contributed by atoms with Crippen LogP contribution < -0.4 is 0 Å². The summed E-state index contributed by atoms with van der Waals surface area (Å²) in [7, 11) is 0. The maximum Gasteiger partial charge on any atom is 0.134 e. The van der Waals surface area contributed by atoms with Crippen LogP contribution in [-0.2, 0) is 12.8 Å². The van der Waals surface area contributed by atoms with Crippen molar-refractivity contribution < 1.29 is 8.78 Å². The Bertz CT molecular complexity index is 908. The summed E-state index contributed by atoms with van der Waals surface area (Å²) >= 11 is 0. The highest BCUT2D eigenvalue weighted by molar-refractivity contribution is 5.72. The second kappa shape index (κ2) is 7.82. The molecule has 0 saturated heterocycles. The van der Waals surface area contributed by atoms with Gasteiger partial charge in [0.2, 0.25) is 0 Å². The van der Waals surface area contributed by atoms with Gasteiger partial charge in [0.05, 0.1) is 0 Å². The minimum Gasteiger partial charge on any atom is -0.206 e. The summed E-state index contributed by atoms with van der Waals surface area (Å²) in [6.07, 6.45) is 2.78. The van der Waals surface area contributed by atoms with E-state index in [1.165, 1.54) is 11.6 Å². The first kappa shape index (κ1) is 18.3. The van der Waals surface area contributed by atoms with Crippen LogP contribution in [-0.4, -0.2) is 0 Å². The molecule has 0 heterocycles. The zero-order chi connectivity index (χ0) is 18.7. The van der Waals surface area contributed by atoms with Crippen molar-refractivity contribution in [2.24, 2.45) is 0 Å². The molecule has 0 aliphatic heterocycles. The van der Waals surface area contributed by atoms with Crippen molar-refractivity contribution in [2.75, 3.05) is 0 Å². The molecule has 0 fully saturated rings. The molecule has 0 saturated carbocycles. The highest BCUT2D eigenvalue weighted by atomic mass is 19.1. The predicted octanol–water partition coefficient (Wildman–Crippen LogP) is 7.12. The summed E-state index contributed by atoms with van der Waals surface area (Å²) in [5, 5.41) is 0. The Morgan fingerprint density at radius 1 is 0.769 bits per heavy atom. The van der Waals surface area contributed by atoms with E-state index in [1.54, 1.807) is 25.1 Å². The quantitative estimate of drug-likeness (QED) is 0.459. The Kier molecular flexibility index (Phi) is 5.51. The van der Waals surface area contributed by atoms with Crippen LogP contribution in [0.15, 0.2) is 54.6 Å². The summed E-state index contributed by atoms with van der Waals surface area (Å²) in [5.41, 5.74) is 5.29. The van der Waals surface area contributed by atoms with Crippen LogP contribution in [0.1, 0.15) is 37.0 Å². The van der Waals surface area contributed by atoms with Crippen molar-refractivity contribution >= 4 is 0 Å². The van der Waals surface area contributed by atoms with E-state index >= 15 is 0 Å². The SMILES string of the molecule is CCCc1ccc(-c2ccc(-c3ccc(CC)cc3)c(F)c2)c(F)c1C. The molecule has 3 rings (SSSR count). The highest BCUT2D eigenvalue weighted by Crippen LogP contribution is 2.31. The molecular formula is C24H24F2. The second-order valence-electron chi connectivity index (χ2n) is 6.71. The van der Waals surface area contributed by atoms with Gasteiger partial charge in [0.1, 0.15) is 11.6 Å². The summed E-state index contributed by atoms with van der Waals surface area (Å²) in [4.78, 5) is 0. The predicted molar refractivity (Wildman–Crippen MR) is 105 cm³/mol. The third kappa shape index (κ3) is 3.55. The Balaban J connectivity index is 1.98. The van der Waals surface area contributed by atoms with Crippen molar-refractivity contribution in [1.82, 2.24) is 0 Å². The number of hydrogen-bond donors (Lipinski definition) is 0. The van der Waals surface area contributed by atoms with Crippen LogP contribution >= 0.6 is 0 Å². The van der Waals surface area contributed by atoms with Crippen LogP contribution in [0, 0.1) is 18.6 Å². The van der Waals surface area contributed by atoms with Crippen LogP contribution in [0.2, 0.25) is 0 Å². The summed E-state index contributed by atoms with van der Waals surface area (Å²) in [5.74, 6) is -0.586. The highest BCUT2D eigenvalue weighted by Gasteiger charge is 2.13. The largest absolute Gasteiger partial charge is 0.206 e. The van der Waals surface area contributed by atoms with Gasteiger partial charge in [-0.3, -0.25) is 0 Å². The fraction of sp³-hybridized carbons (Fsp3) is 0.250. The first-order chi connectivity index (χ1) is 12.5. The van der Waals surface area contributed by atoms with Gasteiger partial charge in [-0.25, -0.2) is 8.78 Å². The lowest BCUT2D eigenvalue weighted by molar-refractivity contribution is 0.616. The minimum absolute atomic E-state index is 0.254. The standard InChI is InChI=1S/C24H24F2/c1-4-6-18-11-14-22(24(26)16(18)3)20-12-13-21(23(25)15-20)19-9-7-17(5-2)8-10-19/h7-15H,4-6H2,1-3H3. The number of aryl methyl sites for hydroxylation is 2. The van der Waals surface area contributed by atoms with Crippen LogP contribution in [0.4, 0.5) is 8.78 Å². The lowest BCUT2D eigenvalue weighted by atomic mass is 9.95. The molecule has 0 spiro atoms. The molecule has 0 atom stereocenters. The van der Waals surface area contributed by atoms with E-state index in [4.69, 9.17) is 0 Å². The van der Waals surface area contributed by atoms with Crippen molar-refractivity contribution in [1.29, 1.82) is 0 Å². The van der Waals surface area contributed by atoms with Gasteiger partial charge in [-0.2, -0.15) is 0 Å². The Morgan fingerprint density at radius 2 is 1.42 bits per heavy atom. The summed E-state index contributed by atoms with van der Waals surface area (Å²) in [6.45, 7) is 5.96. The van der Waals surface area contributed by atoms with E-state index in [1.807, 2.05) is 30.3 Å². The molecule has 0 N–H and O–H groups in total. The van der Waals surface area contributed by atoms with Gasteiger partial charge in [-0.15, -0.1) is 0 Å². The number of hydrogen-bond acceptors (Lipinski definition) is 0. The Morgan fingerprint density at radius 3 is 2.04 bits per heavy atom. The Hall–Kier alpha value is -2.48. The lowest BCUT2D eigenvalue weighted by Gasteiger charge is -2.12. The number of rotatable bonds is 5. The molecule has 2 heteroatoms. The maximum absolute atomic E-state index is 14.8. The first-order valence-electron chi connectivity index (χ1n) is 9.22. The maximum atomic E-state index is 14.8. The average Bonchev–Trinajstić information content (AvgIpc) is 2.66. The zero-order valence-electron chi connectivity index (χ0n) is 15.6. The van der Waals surface area contributed by atoms with Crippen LogP contribution in [0.5, 0.6) is 0 Å². The molecule has 0 aliphatic rings. The molecule has 0 radical (unpaired) electrons.